The van der Waals surface area contributed by atoms with Crippen LogP contribution in [0, 0.1) is 6.92 Å². The molecule has 2 aromatic rings. The molecule has 0 fully saturated rings. The van der Waals surface area contributed by atoms with Crippen molar-refractivity contribution in [1.82, 2.24) is 9.47 Å². The van der Waals surface area contributed by atoms with E-state index < -0.39 is 0 Å². The lowest BCUT2D eigenvalue weighted by molar-refractivity contribution is 0.414. The van der Waals surface area contributed by atoms with Crippen LogP contribution in [0.2, 0.25) is 0 Å². The minimum atomic E-state index is 0. The number of aryl methyl sites for hydroxylation is 2. The molecule has 1 aromatic carbocycles. The Morgan fingerprint density at radius 2 is 1.94 bits per heavy atom. The zero-order valence-electron chi connectivity index (χ0n) is 11.0. The largest absolute Gasteiger partial charge is 0.350 e. The first-order valence-corrected chi connectivity index (χ1v) is 5.78. The predicted octanol–water partition coefficient (Wildman–Crippen LogP) is 3.21. The number of rotatable bonds is 3. The van der Waals surface area contributed by atoms with E-state index in [1.54, 1.807) is 0 Å². The summed E-state index contributed by atoms with van der Waals surface area (Å²) in [5, 5.41) is 1.44. The van der Waals surface area contributed by atoms with Gasteiger partial charge in [-0.2, -0.15) is 0 Å². The van der Waals surface area contributed by atoms with Gasteiger partial charge in [-0.25, -0.2) is 0 Å². The van der Waals surface area contributed by atoms with E-state index in [2.05, 4.69) is 61.9 Å². The molecule has 0 atom stereocenters. The number of fused-ring (bicyclic) bond motifs is 1. The Balaban J connectivity index is 0.00000144. The molecule has 3 heteroatoms. The quantitative estimate of drug-likeness (QED) is 0.777. The first kappa shape index (κ1) is 14.5. The Kier molecular flexibility index (Phi) is 5.01. The van der Waals surface area contributed by atoms with Crippen molar-refractivity contribution in [3.63, 3.8) is 0 Å². The Labute approximate surface area is 121 Å². The van der Waals surface area contributed by atoms with Crippen LogP contribution in [0.1, 0.15) is 11.1 Å². The van der Waals surface area contributed by atoms with Crippen LogP contribution in [0.25, 0.3) is 10.9 Å². The van der Waals surface area contributed by atoms with Crippen molar-refractivity contribution in [1.29, 1.82) is 0 Å². The average molecular weight is 344 g/mol. The molecule has 94 valence electrons. The summed E-state index contributed by atoms with van der Waals surface area (Å²) in [6.45, 7) is 3.30. The smallest absolute Gasteiger partial charge is 0.0483 e. The van der Waals surface area contributed by atoms with Gasteiger partial charge in [-0.15, -0.1) is 24.0 Å². The van der Waals surface area contributed by atoms with Gasteiger partial charge in [0.1, 0.15) is 0 Å². The van der Waals surface area contributed by atoms with E-state index in [0.29, 0.717) is 0 Å². The number of hydrogen-bond acceptors (Lipinski definition) is 1. The summed E-state index contributed by atoms with van der Waals surface area (Å²) < 4.78 is 2.23. The monoisotopic (exact) mass is 344 g/mol. The summed E-state index contributed by atoms with van der Waals surface area (Å²) >= 11 is 0. The van der Waals surface area contributed by atoms with Crippen LogP contribution < -0.4 is 0 Å². The third-order valence-electron chi connectivity index (χ3n) is 3.13. The van der Waals surface area contributed by atoms with Gasteiger partial charge in [-0.1, -0.05) is 12.1 Å². The maximum atomic E-state index is 2.27. The maximum Gasteiger partial charge on any atom is 0.0483 e. The minimum Gasteiger partial charge on any atom is -0.350 e. The molecular weight excluding hydrogens is 323 g/mol. The summed E-state index contributed by atoms with van der Waals surface area (Å²) in [5.74, 6) is 0. The number of likely N-dealkylation sites (N-methyl/N-ethyl adjacent to an activating group) is 1. The molecule has 0 aliphatic heterocycles. The van der Waals surface area contributed by atoms with E-state index in [1.165, 1.54) is 22.0 Å². The van der Waals surface area contributed by atoms with Crippen LogP contribution >= 0.6 is 24.0 Å². The van der Waals surface area contributed by atoms with Crippen molar-refractivity contribution in [3.05, 3.63) is 35.5 Å². The van der Waals surface area contributed by atoms with Gasteiger partial charge in [0.2, 0.25) is 0 Å². The predicted molar refractivity (Wildman–Crippen MR) is 85.3 cm³/mol. The fraction of sp³-hybridized carbons (Fsp3) is 0.429. The highest BCUT2D eigenvalue weighted by molar-refractivity contribution is 14.0. The van der Waals surface area contributed by atoms with Crippen molar-refractivity contribution < 1.29 is 0 Å². The molecule has 1 heterocycles. The normalized spacial score (nSPS) is 10.9. The topological polar surface area (TPSA) is 8.17 Å². The van der Waals surface area contributed by atoms with Gasteiger partial charge < -0.3 is 9.47 Å². The third-order valence-corrected chi connectivity index (χ3v) is 3.13. The van der Waals surface area contributed by atoms with Gasteiger partial charge in [0.15, 0.2) is 0 Å². The van der Waals surface area contributed by atoms with Gasteiger partial charge in [0.25, 0.3) is 0 Å². The molecule has 2 nitrogen and oxygen atoms in total. The first-order chi connectivity index (χ1) is 7.59. The molecule has 1 aromatic heterocycles. The van der Waals surface area contributed by atoms with Crippen molar-refractivity contribution >= 4 is 34.9 Å². The molecule has 0 saturated carbocycles. The van der Waals surface area contributed by atoms with E-state index in [9.17, 15) is 0 Å². The van der Waals surface area contributed by atoms with Crippen LogP contribution in [0.15, 0.2) is 24.4 Å². The molecule has 0 aliphatic rings. The molecule has 17 heavy (non-hydrogen) atoms. The molecule has 0 unspecified atom stereocenters. The molecule has 0 saturated heterocycles. The Morgan fingerprint density at radius 3 is 2.59 bits per heavy atom. The molecule has 0 bridgehead atoms. The van der Waals surface area contributed by atoms with Crippen molar-refractivity contribution in [2.24, 2.45) is 7.05 Å². The molecule has 0 radical (unpaired) electrons. The van der Waals surface area contributed by atoms with Crippen molar-refractivity contribution in [2.45, 2.75) is 13.3 Å². The van der Waals surface area contributed by atoms with E-state index in [0.717, 1.165) is 13.0 Å². The van der Waals surface area contributed by atoms with Gasteiger partial charge in [0, 0.05) is 30.7 Å². The van der Waals surface area contributed by atoms with Crippen LogP contribution in [-0.2, 0) is 13.5 Å². The Bertz CT molecular complexity index is 500. The first-order valence-electron chi connectivity index (χ1n) is 5.78. The summed E-state index contributed by atoms with van der Waals surface area (Å²) in [5.41, 5.74) is 4.19. The zero-order valence-corrected chi connectivity index (χ0v) is 13.4. The van der Waals surface area contributed by atoms with Gasteiger partial charge in [-0.05, 0) is 44.6 Å². The number of halogens is 1. The number of aromatic nitrogens is 1. The lowest BCUT2D eigenvalue weighted by Gasteiger charge is -2.08. The standard InChI is InChI=1S/C14H20N2.HI/c1-11-6-5-7-13-14(11)12(10-16(13)4)8-9-15(2)3;/h5-7,10H,8-9H2,1-4H3;1H. The lowest BCUT2D eigenvalue weighted by Crippen LogP contribution is -2.14. The third kappa shape index (κ3) is 3.01. The molecule has 0 spiro atoms. The van der Waals surface area contributed by atoms with Gasteiger partial charge in [-0.3, -0.25) is 0 Å². The van der Waals surface area contributed by atoms with Gasteiger partial charge in [0.05, 0.1) is 0 Å². The SMILES string of the molecule is Cc1cccc2c1c(CCN(C)C)cn2C.I. The fourth-order valence-electron chi connectivity index (χ4n) is 2.27. The second-order valence-corrected chi connectivity index (χ2v) is 4.79. The highest BCUT2D eigenvalue weighted by Gasteiger charge is 2.08. The molecule has 2 rings (SSSR count). The van der Waals surface area contributed by atoms with Gasteiger partial charge >= 0.3 is 0 Å². The van der Waals surface area contributed by atoms with Crippen molar-refractivity contribution in [3.8, 4) is 0 Å². The van der Waals surface area contributed by atoms with E-state index in [-0.39, 0.29) is 24.0 Å². The van der Waals surface area contributed by atoms with Crippen molar-refractivity contribution in [2.75, 3.05) is 20.6 Å². The highest BCUT2D eigenvalue weighted by Crippen LogP contribution is 2.24. The molecule has 0 amide bonds. The zero-order chi connectivity index (χ0) is 11.7. The fourth-order valence-corrected chi connectivity index (χ4v) is 2.27. The summed E-state index contributed by atoms with van der Waals surface area (Å²) in [6, 6.07) is 6.52. The van der Waals surface area contributed by atoms with Crippen LogP contribution in [0.5, 0.6) is 0 Å². The second-order valence-electron chi connectivity index (χ2n) is 4.79. The molecular formula is C14H21IN2. The summed E-state index contributed by atoms with van der Waals surface area (Å²) in [4.78, 5) is 2.23. The van der Waals surface area contributed by atoms with Crippen LogP contribution in [0.4, 0.5) is 0 Å². The highest BCUT2D eigenvalue weighted by atomic mass is 127. The lowest BCUT2D eigenvalue weighted by atomic mass is 10.1. The van der Waals surface area contributed by atoms with E-state index in [4.69, 9.17) is 0 Å². The van der Waals surface area contributed by atoms with Crippen LogP contribution in [-0.4, -0.2) is 30.1 Å². The van der Waals surface area contributed by atoms with Crippen LogP contribution in [0.3, 0.4) is 0 Å². The number of benzene rings is 1. The minimum absolute atomic E-state index is 0. The average Bonchev–Trinajstić information content (AvgIpc) is 2.55. The number of hydrogen-bond donors (Lipinski definition) is 0. The summed E-state index contributed by atoms with van der Waals surface area (Å²) in [6.07, 6.45) is 3.39. The van der Waals surface area contributed by atoms with E-state index >= 15 is 0 Å². The summed E-state index contributed by atoms with van der Waals surface area (Å²) in [7, 11) is 6.37. The molecule has 0 N–H and O–H groups in total. The molecule has 0 aliphatic carbocycles. The second kappa shape index (κ2) is 5.87. The van der Waals surface area contributed by atoms with E-state index in [1.807, 2.05) is 0 Å². The Hall–Kier alpha value is -0.550. The maximum absolute atomic E-state index is 2.27. The Morgan fingerprint density at radius 1 is 1.24 bits per heavy atom. The number of nitrogens with zero attached hydrogens (tertiary/aromatic N) is 2.